The maximum atomic E-state index is 13.3. The molecule has 0 bridgehead atoms. The first-order chi connectivity index (χ1) is 14.8. The first kappa shape index (κ1) is 21.4. The fourth-order valence-electron chi connectivity index (χ4n) is 4.81. The summed E-state index contributed by atoms with van der Waals surface area (Å²) >= 11 is 0. The van der Waals surface area contributed by atoms with Crippen molar-refractivity contribution in [2.75, 3.05) is 13.1 Å². The molecule has 3 aliphatic rings. The Bertz CT molecular complexity index is 976. The molecule has 2 fully saturated rings. The fraction of sp³-hybridized carbons (Fsp3) is 0.500. The molecule has 0 spiro atoms. The number of halogens is 2. The summed E-state index contributed by atoms with van der Waals surface area (Å²) in [6.45, 7) is 2.90. The van der Waals surface area contributed by atoms with Crippen molar-refractivity contribution >= 4 is 17.7 Å². The molecule has 1 saturated carbocycles. The number of carbonyl (C=O) groups excluding carboxylic acids is 1. The molecule has 1 atom stereocenters. The first-order valence-electron chi connectivity index (χ1n) is 10.8. The molecular weight excluding hydrogens is 398 g/mol. The van der Waals surface area contributed by atoms with Crippen LogP contribution in [0.3, 0.4) is 0 Å². The van der Waals surface area contributed by atoms with Gasteiger partial charge < -0.3 is 4.90 Å². The molecule has 1 aromatic heterocycles. The van der Waals surface area contributed by atoms with Crippen LogP contribution >= 0.6 is 0 Å². The zero-order valence-electron chi connectivity index (χ0n) is 17.6. The van der Waals surface area contributed by atoms with Crippen molar-refractivity contribution < 1.29 is 13.6 Å². The van der Waals surface area contributed by atoms with Crippen LogP contribution in [-0.4, -0.2) is 41.0 Å². The molecule has 0 aromatic carbocycles. The van der Waals surface area contributed by atoms with Crippen LogP contribution in [0, 0.1) is 28.6 Å². The number of nitriles is 1. The monoisotopic (exact) mass is 424 g/mol. The lowest BCUT2D eigenvalue weighted by Crippen LogP contribution is -2.45. The summed E-state index contributed by atoms with van der Waals surface area (Å²) < 4.78 is 26.4. The molecule has 0 N–H and O–H groups in total. The van der Waals surface area contributed by atoms with E-state index < -0.39 is 11.3 Å². The van der Waals surface area contributed by atoms with Crippen LogP contribution < -0.4 is 0 Å². The second kappa shape index (κ2) is 8.33. The van der Waals surface area contributed by atoms with Crippen LogP contribution in [0.1, 0.15) is 55.1 Å². The summed E-state index contributed by atoms with van der Waals surface area (Å²) in [5.41, 5.74) is 1.38. The average molecular weight is 424 g/mol. The number of amides is 1. The third-order valence-electron chi connectivity index (χ3n) is 6.51. The number of aliphatic imine (C=N–C) groups is 1. The second-order valence-corrected chi connectivity index (χ2v) is 9.01. The van der Waals surface area contributed by atoms with Crippen LogP contribution in [0.5, 0.6) is 0 Å². The molecule has 2 aliphatic heterocycles. The third-order valence-corrected chi connectivity index (χ3v) is 6.51. The zero-order valence-corrected chi connectivity index (χ0v) is 17.6. The van der Waals surface area contributed by atoms with Crippen molar-refractivity contribution in [1.82, 2.24) is 9.88 Å². The Morgan fingerprint density at radius 2 is 2.06 bits per heavy atom. The number of nitrogens with zero attached hydrogens (tertiary/aromatic N) is 4. The number of allylic oxidation sites excluding steroid dienone is 3. The Morgan fingerprint density at radius 1 is 1.32 bits per heavy atom. The van der Waals surface area contributed by atoms with Gasteiger partial charge in [-0.05, 0) is 49.0 Å². The Balaban J connectivity index is 1.47. The molecule has 7 heteroatoms. The molecule has 4 rings (SSSR count). The normalized spacial score (nSPS) is 24.6. The van der Waals surface area contributed by atoms with Crippen LogP contribution in [0.25, 0.3) is 5.57 Å². The molecular formula is C24H26F2N4O. The van der Waals surface area contributed by atoms with Gasteiger partial charge in [0.05, 0.1) is 22.7 Å². The highest BCUT2D eigenvalue weighted by molar-refractivity contribution is 5.99. The smallest absolute Gasteiger partial charge is 0.256 e. The SMILES string of the molecule is CC1C=NC=CC(c2ncccc2C(=O)N2CCC(C#N)(CC3CC(F)(F)C3)CC2)=C1. The summed E-state index contributed by atoms with van der Waals surface area (Å²) in [6.07, 6.45) is 10.4. The van der Waals surface area contributed by atoms with Gasteiger partial charge in [-0.1, -0.05) is 13.0 Å². The topological polar surface area (TPSA) is 69.3 Å². The number of piperidine rings is 1. The van der Waals surface area contributed by atoms with E-state index in [2.05, 4.69) is 16.0 Å². The molecule has 162 valence electrons. The summed E-state index contributed by atoms with van der Waals surface area (Å²) in [5, 5.41) is 9.77. The van der Waals surface area contributed by atoms with E-state index in [1.165, 1.54) is 0 Å². The Kier molecular flexibility index (Phi) is 5.74. The third kappa shape index (κ3) is 4.58. The van der Waals surface area contributed by atoms with Crippen molar-refractivity contribution in [1.29, 1.82) is 5.26 Å². The van der Waals surface area contributed by atoms with Gasteiger partial charge in [-0.3, -0.25) is 14.8 Å². The molecule has 0 radical (unpaired) electrons. The maximum absolute atomic E-state index is 13.3. The minimum Gasteiger partial charge on any atom is -0.338 e. The fourth-order valence-corrected chi connectivity index (χ4v) is 4.81. The quantitative estimate of drug-likeness (QED) is 0.692. The van der Waals surface area contributed by atoms with Gasteiger partial charge in [0.25, 0.3) is 5.91 Å². The summed E-state index contributed by atoms with van der Waals surface area (Å²) in [6, 6.07) is 5.91. The van der Waals surface area contributed by atoms with Crippen LogP contribution in [-0.2, 0) is 0 Å². The van der Waals surface area contributed by atoms with E-state index >= 15 is 0 Å². The van der Waals surface area contributed by atoms with E-state index in [-0.39, 0.29) is 30.6 Å². The summed E-state index contributed by atoms with van der Waals surface area (Å²) in [5.74, 6) is -2.66. The van der Waals surface area contributed by atoms with Gasteiger partial charge in [-0.25, -0.2) is 8.78 Å². The molecule has 1 saturated heterocycles. The Labute approximate surface area is 181 Å². The number of rotatable bonds is 4. The lowest BCUT2D eigenvalue weighted by atomic mass is 9.67. The number of hydrogen-bond acceptors (Lipinski definition) is 4. The van der Waals surface area contributed by atoms with E-state index in [0.717, 1.165) is 5.57 Å². The Hall–Kier alpha value is -2.88. The van der Waals surface area contributed by atoms with Crippen molar-refractivity contribution in [2.45, 2.75) is 45.0 Å². The largest absolute Gasteiger partial charge is 0.338 e. The zero-order chi connectivity index (χ0) is 22.1. The predicted molar refractivity (Wildman–Crippen MR) is 114 cm³/mol. The van der Waals surface area contributed by atoms with Gasteiger partial charge in [0.2, 0.25) is 5.92 Å². The maximum Gasteiger partial charge on any atom is 0.256 e. The highest BCUT2D eigenvalue weighted by Gasteiger charge is 2.49. The summed E-state index contributed by atoms with van der Waals surface area (Å²) in [4.78, 5) is 23.8. The second-order valence-electron chi connectivity index (χ2n) is 9.01. The van der Waals surface area contributed by atoms with Gasteiger partial charge in [0, 0.05) is 50.5 Å². The molecule has 3 heterocycles. The predicted octanol–water partition coefficient (Wildman–Crippen LogP) is 4.88. The molecule has 1 aromatic rings. The lowest BCUT2D eigenvalue weighted by molar-refractivity contribution is -0.119. The highest BCUT2D eigenvalue weighted by atomic mass is 19.3. The molecule has 5 nitrogen and oxygen atoms in total. The first-order valence-corrected chi connectivity index (χ1v) is 10.8. The van der Waals surface area contributed by atoms with Crippen LogP contribution in [0.2, 0.25) is 0 Å². The molecule has 1 unspecified atom stereocenters. The minimum absolute atomic E-state index is 0.0972. The minimum atomic E-state index is -2.57. The number of pyridine rings is 1. The van der Waals surface area contributed by atoms with E-state index in [0.29, 0.717) is 43.6 Å². The van der Waals surface area contributed by atoms with E-state index in [9.17, 15) is 18.8 Å². The number of likely N-dealkylation sites (tertiary alicyclic amines) is 1. The van der Waals surface area contributed by atoms with Crippen LogP contribution in [0.15, 0.2) is 41.7 Å². The van der Waals surface area contributed by atoms with E-state index in [1.807, 2.05) is 25.3 Å². The highest BCUT2D eigenvalue weighted by Crippen LogP contribution is 2.49. The standard InChI is InChI=1S/C24H26F2N4O/c1-17-11-19(4-8-28-15-17)21-20(3-2-7-29-21)22(31)30-9-5-23(16-27,6-10-30)12-18-13-24(25,26)14-18/h2-4,7-8,11,15,17-18H,5-6,9-10,12-14H2,1H3. The van der Waals surface area contributed by atoms with Crippen molar-refractivity contribution in [2.24, 2.45) is 22.2 Å². The van der Waals surface area contributed by atoms with E-state index in [1.54, 1.807) is 29.4 Å². The number of aromatic nitrogens is 1. The van der Waals surface area contributed by atoms with Crippen LogP contribution in [0.4, 0.5) is 8.78 Å². The van der Waals surface area contributed by atoms with Crippen molar-refractivity contribution in [3.8, 4) is 6.07 Å². The molecule has 1 aliphatic carbocycles. The van der Waals surface area contributed by atoms with Crippen molar-refractivity contribution in [3.05, 3.63) is 47.9 Å². The summed E-state index contributed by atoms with van der Waals surface area (Å²) in [7, 11) is 0. The number of hydrogen-bond donors (Lipinski definition) is 0. The lowest BCUT2D eigenvalue weighted by Gasteiger charge is -2.43. The Morgan fingerprint density at radius 3 is 2.74 bits per heavy atom. The average Bonchev–Trinajstić information content (AvgIpc) is 2.97. The van der Waals surface area contributed by atoms with Gasteiger partial charge in [0.1, 0.15) is 0 Å². The van der Waals surface area contributed by atoms with Gasteiger partial charge in [-0.15, -0.1) is 0 Å². The van der Waals surface area contributed by atoms with E-state index in [4.69, 9.17) is 0 Å². The van der Waals surface area contributed by atoms with Gasteiger partial charge >= 0.3 is 0 Å². The number of alkyl halides is 2. The van der Waals surface area contributed by atoms with Gasteiger partial charge in [-0.2, -0.15) is 5.26 Å². The molecule has 31 heavy (non-hydrogen) atoms. The van der Waals surface area contributed by atoms with Crippen molar-refractivity contribution in [3.63, 3.8) is 0 Å². The number of carbonyl (C=O) groups is 1. The molecule has 1 amide bonds. The van der Waals surface area contributed by atoms with Gasteiger partial charge in [0.15, 0.2) is 0 Å².